The molecule has 1 aromatic heterocycles. The van der Waals surface area contributed by atoms with E-state index in [-0.39, 0.29) is 6.61 Å². The van der Waals surface area contributed by atoms with Crippen molar-refractivity contribution in [3.63, 3.8) is 0 Å². The summed E-state index contributed by atoms with van der Waals surface area (Å²) in [5.74, 6) is 1.50. The summed E-state index contributed by atoms with van der Waals surface area (Å²) in [5, 5.41) is 16.1. The Morgan fingerprint density at radius 1 is 1.11 bits per heavy atom. The molecule has 7 nitrogen and oxygen atoms in total. The molecule has 0 aliphatic heterocycles. The number of hydrogen-bond donors (Lipinski definition) is 1. The summed E-state index contributed by atoms with van der Waals surface area (Å²) < 4.78 is 13.0. The molecule has 0 amide bonds. The number of benzene rings is 2. The predicted octanol–water partition coefficient (Wildman–Crippen LogP) is 4.85. The molecule has 0 radical (unpaired) electrons. The van der Waals surface area contributed by atoms with Gasteiger partial charge in [-0.1, -0.05) is 46.0 Å². The minimum absolute atomic E-state index is 0.164. The summed E-state index contributed by atoms with van der Waals surface area (Å²) in [7, 11) is 1.55. The average Bonchev–Trinajstić information content (AvgIpc) is 3.14. The van der Waals surface area contributed by atoms with Crippen LogP contribution in [0, 0.1) is 0 Å². The Morgan fingerprint density at radius 2 is 1.86 bits per heavy atom. The van der Waals surface area contributed by atoms with Gasteiger partial charge in [0.05, 0.1) is 12.1 Å². The van der Waals surface area contributed by atoms with E-state index < -0.39 is 0 Å². The van der Waals surface area contributed by atoms with Gasteiger partial charge < -0.3 is 14.8 Å². The third kappa shape index (κ3) is 4.60. The first kappa shape index (κ1) is 20.5. The van der Waals surface area contributed by atoms with Crippen LogP contribution in [0.1, 0.15) is 18.1 Å². The smallest absolute Gasteiger partial charge is 0.243 e. The van der Waals surface area contributed by atoms with Crippen LogP contribution in [-0.2, 0) is 19.7 Å². The number of tetrazole rings is 1. The van der Waals surface area contributed by atoms with Crippen molar-refractivity contribution in [1.29, 1.82) is 0 Å². The van der Waals surface area contributed by atoms with Crippen LogP contribution in [0.3, 0.4) is 0 Å². The number of aromatic nitrogens is 4. The molecule has 148 valence electrons. The van der Waals surface area contributed by atoms with Crippen LogP contribution < -0.4 is 14.8 Å². The van der Waals surface area contributed by atoms with E-state index in [0.29, 0.717) is 51.2 Å². The summed E-state index contributed by atoms with van der Waals surface area (Å²) in [4.78, 5) is 0. The van der Waals surface area contributed by atoms with Gasteiger partial charge in [-0.05, 0) is 47.2 Å². The largest absolute Gasteiger partial charge is 0.493 e. The normalized spacial score (nSPS) is 10.8. The summed E-state index contributed by atoms with van der Waals surface area (Å²) >= 11 is 18.8. The molecule has 0 atom stereocenters. The van der Waals surface area contributed by atoms with Crippen molar-refractivity contribution in [2.24, 2.45) is 0 Å². The summed E-state index contributed by atoms with van der Waals surface area (Å²) in [6, 6.07) is 8.91. The van der Waals surface area contributed by atoms with E-state index >= 15 is 0 Å². The van der Waals surface area contributed by atoms with Gasteiger partial charge in [-0.3, -0.25) is 0 Å². The third-order valence-electron chi connectivity index (χ3n) is 3.99. The van der Waals surface area contributed by atoms with Crippen molar-refractivity contribution in [3.8, 4) is 11.5 Å². The number of nitrogens with zero attached hydrogens (tertiary/aromatic N) is 4. The summed E-state index contributed by atoms with van der Waals surface area (Å²) in [5.41, 5.74) is 1.57. The Balaban J connectivity index is 1.76. The Hall–Kier alpha value is -2.22. The molecule has 2 aromatic carbocycles. The lowest BCUT2D eigenvalue weighted by atomic mass is 10.2. The minimum atomic E-state index is 0.164. The number of rotatable bonds is 8. The zero-order valence-electron chi connectivity index (χ0n) is 15.2. The predicted molar refractivity (Wildman–Crippen MR) is 110 cm³/mol. The molecule has 0 saturated heterocycles. The van der Waals surface area contributed by atoms with Gasteiger partial charge >= 0.3 is 0 Å². The van der Waals surface area contributed by atoms with Crippen LogP contribution in [0.5, 0.6) is 11.5 Å². The number of methoxy groups -OCH3 is 1. The van der Waals surface area contributed by atoms with Crippen molar-refractivity contribution in [2.45, 2.75) is 26.6 Å². The van der Waals surface area contributed by atoms with Gasteiger partial charge in [0.1, 0.15) is 6.61 Å². The molecule has 3 aromatic rings. The van der Waals surface area contributed by atoms with Crippen molar-refractivity contribution in [3.05, 3.63) is 56.5 Å². The Labute approximate surface area is 177 Å². The SMILES string of the molecule is CCn1nnnc1NCc1cc(Cl)c(OCc2c(Cl)cccc2Cl)c(OC)c1. The highest BCUT2D eigenvalue weighted by molar-refractivity contribution is 6.36. The molecule has 28 heavy (non-hydrogen) atoms. The molecular formula is C18H18Cl3N5O2. The first-order valence-electron chi connectivity index (χ1n) is 8.45. The molecule has 3 rings (SSSR count). The van der Waals surface area contributed by atoms with E-state index in [0.717, 1.165) is 5.56 Å². The zero-order chi connectivity index (χ0) is 20.1. The van der Waals surface area contributed by atoms with Crippen molar-refractivity contribution in [2.75, 3.05) is 12.4 Å². The summed E-state index contributed by atoms with van der Waals surface area (Å²) in [6.07, 6.45) is 0. The number of hydrogen-bond acceptors (Lipinski definition) is 6. The first-order valence-corrected chi connectivity index (χ1v) is 9.59. The van der Waals surface area contributed by atoms with Crippen molar-refractivity contribution >= 4 is 40.8 Å². The van der Waals surface area contributed by atoms with E-state index in [1.54, 1.807) is 36.1 Å². The molecule has 0 saturated carbocycles. The Bertz CT molecular complexity index is 944. The monoisotopic (exact) mass is 441 g/mol. The lowest BCUT2D eigenvalue weighted by Crippen LogP contribution is -2.08. The highest BCUT2D eigenvalue weighted by Crippen LogP contribution is 2.38. The van der Waals surface area contributed by atoms with Crippen LogP contribution in [0.15, 0.2) is 30.3 Å². The number of anilines is 1. The molecule has 10 heteroatoms. The maximum absolute atomic E-state index is 6.43. The molecule has 0 spiro atoms. The van der Waals surface area contributed by atoms with E-state index in [4.69, 9.17) is 44.3 Å². The Morgan fingerprint density at radius 3 is 2.54 bits per heavy atom. The fourth-order valence-electron chi connectivity index (χ4n) is 2.56. The number of nitrogens with one attached hydrogen (secondary N) is 1. The number of halogens is 3. The second-order valence-electron chi connectivity index (χ2n) is 5.77. The van der Waals surface area contributed by atoms with Gasteiger partial charge in [0.2, 0.25) is 5.95 Å². The topological polar surface area (TPSA) is 74.1 Å². The van der Waals surface area contributed by atoms with Gasteiger partial charge in [-0.2, -0.15) is 0 Å². The minimum Gasteiger partial charge on any atom is -0.493 e. The highest BCUT2D eigenvalue weighted by atomic mass is 35.5. The molecule has 0 bridgehead atoms. The number of aryl methyl sites for hydroxylation is 1. The second-order valence-corrected chi connectivity index (χ2v) is 6.99. The molecular weight excluding hydrogens is 425 g/mol. The molecule has 0 unspecified atom stereocenters. The second kappa shape index (κ2) is 9.32. The molecule has 1 heterocycles. The van der Waals surface area contributed by atoms with Gasteiger partial charge in [0, 0.05) is 28.7 Å². The maximum atomic E-state index is 6.43. The number of ether oxygens (including phenoxy) is 2. The quantitative estimate of drug-likeness (QED) is 0.537. The third-order valence-corrected chi connectivity index (χ3v) is 4.98. The summed E-state index contributed by atoms with van der Waals surface area (Å²) in [6.45, 7) is 3.25. The molecule has 0 aliphatic rings. The van der Waals surface area contributed by atoms with Crippen LogP contribution in [0.25, 0.3) is 0 Å². The standard InChI is InChI=1S/C18H18Cl3N5O2/c1-3-26-18(23-24-25-26)22-9-11-7-15(21)17(16(8-11)27-2)28-10-12-13(19)5-4-6-14(12)20/h4-8H,3,9-10H2,1-2H3,(H,22,23,25). The first-order chi connectivity index (χ1) is 13.5. The molecule has 0 aliphatic carbocycles. The molecule has 1 N–H and O–H groups in total. The van der Waals surface area contributed by atoms with Crippen molar-refractivity contribution in [1.82, 2.24) is 20.2 Å². The van der Waals surface area contributed by atoms with Gasteiger partial charge in [0.15, 0.2) is 11.5 Å². The Kier molecular flexibility index (Phi) is 6.83. The van der Waals surface area contributed by atoms with Crippen LogP contribution in [0.2, 0.25) is 15.1 Å². The lowest BCUT2D eigenvalue weighted by Gasteiger charge is -2.15. The van der Waals surface area contributed by atoms with Crippen molar-refractivity contribution < 1.29 is 9.47 Å². The van der Waals surface area contributed by atoms with Crippen LogP contribution in [-0.4, -0.2) is 27.3 Å². The van der Waals surface area contributed by atoms with Gasteiger partial charge in [0.25, 0.3) is 0 Å². The average molecular weight is 443 g/mol. The highest BCUT2D eigenvalue weighted by Gasteiger charge is 2.15. The fourth-order valence-corrected chi connectivity index (χ4v) is 3.35. The van der Waals surface area contributed by atoms with Gasteiger partial charge in [-0.25, -0.2) is 4.68 Å². The lowest BCUT2D eigenvalue weighted by molar-refractivity contribution is 0.284. The van der Waals surface area contributed by atoms with E-state index in [2.05, 4.69) is 20.8 Å². The molecule has 0 fully saturated rings. The fraction of sp³-hybridized carbons (Fsp3) is 0.278. The maximum Gasteiger partial charge on any atom is 0.243 e. The van der Waals surface area contributed by atoms with Crippen LogP contribution >= 0.6 is 34.8 Å². The zero-order valence-corrected chi connectivity index (χ0v) is 17.5. The van der Waals surface area contributed by atoms with Crippen LogP contribution in [0.4, 0.5) is 5.95 Å². The van der Waals surface area contributed by atoms with E-state index in [1.807, 2.05) is 13.0 Å². The van der Waals surface area contributed by atoms with E-state index in [9.17, 15) is 0 Å². The van der Waals surface area contributed by atoms with E-state index in [1.165, 1.54) is 0 Å². The van der Waals surface area contributed by atoms with Gasteiger partial charge in [-0.15, -0.1) is 0 Å².